The van der Waals surface area contributed by atoms with Crippen molar-refractivity contribution in [3.05, 3.63) is 30.1 Å². The van der Waals surface area contributed by atoms with Gasteiger partial charge in [0.05, 0.1) is 6.61 Å². The van der Waals surface area contributed by atoms with Crippen LogP contribution in [0.5, 0.6) is 0 Å². The Kier molecular flexibility index (Phi) is 3.91. The van der Waals surface area contributed by atoms with Crippen molar-refractivity contribution in [2.45, 2.75) is 31.7 Å². The lowest BCUT2D eigenvalue weighted by atomic mass is 9.95. The third kappa shape index (κ3) is 3.29. The summed E-state index contributed by atoms with van der Waals surface area (Å²) < 4.78 is 5.51. The first-order chi connectivity index (χ1) is 7.79. The van der Waals surface area contributed by atoms with Gasteiger partial charge in [-0.1, -0.05) is 6.07 Å². The molecule has 0 saturated carbocycles. The topological polar surface area (TPSA) is 34.2 Å². The van der Waals surface area contributed by atoms with E-state index >= 15 is 0 Å². The van der Waals surface area contributed by atoms with E-state index in [1.54, 1.807) is 0 Å². The summed E-state index contributed by atoms with van der Waals surface area (Å²) >= 11 is 0. The molecule has 2 rings (SSSR count). The van der Waals surface area contributed by atoms with Crippen molar-refractivity contribution in [1.29, 1.82) is 0 Å². The summed E-state index contributed by atoms with van der Waals surface area (Å²) in [5.41, 5.74) is 1.31. The summed E-state index contributed by atoms with van der Waals surface area (Å²) in [5, 5.41) is 3.58. The second-order valence-corrected chi connectivity index (χ2v) is 4.71. The number of hydrogen-bond donors (Lipinski definition) is 1. The fourth-order valence-corrected chi connectivity index (χ4v) is 2.11. The molecule has 1 fully saturated rings. The number of aromatic nitrogens is 1. The third-order valence-electron chi connectivity index (χ3n) is 3.10. The molecule has 88 valence electrons. The highest BCUT2D eigenvalue weighted by Gasteiger charge is 2.26. The molecule has 1 aliphatic rings. The second-order valence-electron chi connectivity index (χ2n) is 4.71. The average molecular weight is 220 g/mol. The van der Waals surface area contributed by atoms with Crippen molar-refractivity contribution < 1.29 is 4.74 Å². The molecule has 1 saturated heterocycles. The highest BCUT2D eigenvalue weighted by Crippen LogP contribution is 2.17. The van der Waals surface area contributed by atoms with Crippen LogP contribution in [0.1, 0.15) is 25.5 Å². The van der Waals surface area contributed by atoms with Gasteiger partial charge in [-0.25, -0.2) is 0 Å². The molecule has 1 aromatic heterocycles. The predicted octanol–water partition coefficient (Wildman–Crippen LogP) is 1.78. The van der Waals surface area contributed by atoms with Crippen LogP contribution in [0.25, 0.3) is 0 Å². The Morgan fingerprint density at radius 1 is 1.50 bits per heavy atom. The van der Waals surface area contributed by atoms with Gasteiger partial charge in [-0.2, -0.15) is 0 Å². The van der Waals surface area contributed by atoms with Crippen LogP contribution in [0.2, 0.25) is 0 Å². The van der Waals surface area contributed by atoms with E-state index in [2.05, 4.69) is 23.3 Å². The molecule has 2 heterocycles. The van der Waals surface area contributed by atoms with Gasteiger partial charge in [0.2, 0.25) is 0 Å². The zero-order chi connectivity index (χ0) is 11.3. The van der Waals surface area contributed by atoms with Crippen LogP contribution in [0.15, 0.2) is 24.4 Å². The van der Waals surface area contributed by atoms with Crippen molar-refractivity contribution in [3.63, 3.8) is 0 Å². The van der Waals surface area contributed by atoms with Gasteiger partial charge in [0, 0.05) is 37.0 Å². The highest BCUT2D eigenvalue weighted by molar-refractivity contribution is 5.04. The third-order valence-corrected chi connectivity index (χ3v) is 3.10. The maximum atomic E-state index is 5.51. The minimum absolute atomic E-state index is 0.160. The SMILES string of the molecule is CC1(NCCc2ccccn2)CCCOC1. The normalized spacial score (nSPS) is 25.6. The number of nitrogens with one attached hydrogen (secondary N) is 1. The number of hydrogen-bond acceptors (Lipinski definition) is 3. The monoisotopic (exact) mass is 220 g/mol. The number of nitrogens with zero attached hydrogens (tertiary/aromatic N) is 1. The van der Waals surface area contributed by atoms with Gasteiger partial charge in [0.15, 0.2) is 0 Å². The van der Waals surface area contributed by atoms with Crippen LogP contribution in [0.3, 0.4) is 0 Å². The Balaban J connectivity index is 1.75. The van der Waals surface area contributed by atoms with Crippen molar-refractivity contribution in [2.24, 2.45) is 0 Å². The molecule has 0 aliphatic carbocycles. The average Bonchev–Trinajstić information content (AvgIpc) is 2.31. The largest absolute Gasteiger partial charge is 0.380 e. The molecule has 0 bridgehead atoms. The van der Waals surface area contributed by atoms with Crippen molar-refractivity contribution in [2.75, 3.05) is 19.8 Å². The maximum Gasteiger partial charge on any atom is 0.0645 e. The van der Waals surface area contributed by atoms with E-state index < -0.39 is 0 Å². The Bertz CT molecular complexity index is 307. The van der Waals surface area contributed by atoms with E-state index in [9.17, 15) is 0 Å². The Hall–Kier alpha value is -0.930. The molecular weight excluding hydrogens is 200 g/mol. The van der Waals surface area contributed by atoms with Crippen LogP contribution in [0.4, 0.5) is 0 Å². The number of ether oxygens (including phenoxy) is 1. The molecule has 0 aromatic carbocycles. The Morgan fingerprint density at radius 3 is 3.12 bits per heavy atom. The summed E-state index contributed by atoms with van der Waals surface area (Å²) in [4.78, 5) is 4.31. The van der Waals surface area contributed by atoms with Gasteiger partial charge < -0.3 is 10.1 Å². The molecule has 16 heavy (non-hydrogen) atoms. The smallest absolute Gasteiger partial charge is 0.0645 e. The molecule has 3 heteroatoms. The molecule has 0 radical (unpaired) electrons. The molecule has 1 N–H and O–H groups in total. The molecule has 1 aliphatic heterocycles. The summed E-state index contributed by atoms with van der Waals surface area (Å²) in [6.45, 7) is 4.95. The summed E-state index contributed by atoms with van der Waals surface area (Å²) in [5.74, 6) is 0. The van der Waals surface area contributed by atoms with Gasteiger partial charge in [0.25, 0.3) is 0 Å². The summed E-state index contributed by atoms with van der Waals surface area (Å²) in [6, 6.07) is 6.06. The summed E-state index contributed by atoms with van der Waals surface area (Å²) in [6.07, 6.45) is 5.19. The van der Waals surface area contributed by atoms with E-state index in [1.807, 2.05) is 18.3 Å². The first-order valence-electron chi connectivity index (χ1n) is 6.01. The van der Waals surface area contributed by atoms with Gasteiger partial charge in [-0.05, 0) is 31.9 Å². The van der Waals surface area contributed by atoms with Crippen molar-refractivity contribution in [3.8, 4) is 0 Å². The van der Waals surface area contributed by atoms with Gasteiger partial charge in [0.1, 0.15) is 0 Å². The van der Waals surface area contributed by atoms with Gasteiger partial charge in [-0.15, -0.1) is 0 Å². The fraction of sp³-hybridized carbons (Fsp3) is 0.615. The first kappa shape index (κ1) is 11.6. The lowest BCUT2D eigenvalue weighted by Crippen LogP contribution is -2.49. The highest BCUT2D eigenvalue weighted by atomic mass is 16.5. The van der Waals surface area contributed by atoms with Crippen molar-refractivity contribution >= 4 is 0 Å². The lowest BCUT2D eigenvalue weighted by molar-refractivity contribution is 0.0289. The molecule has 0 amide bonds. The molecule has 3 nitrogen and oxygen atoms in total. The molecule has 0 spiro atoms. The van der Waals surface area contributed by atoms with E-state index in [4.69, 9.17) is 4.74 Å². The minimum Gasteiger partial charge on any atom is -0.380 e. The second kappa shape index (κ2) is 5.41. The van der Waals surface area contributed by atoms with Gasteiger partial charge >= 0.3 is 0 Å². The molecular formula is C13H20N2O. The van der Waals surface area contributed by atoms with Crippen molar-refractivity contribution in [1.82, 2.24) is 10.3 Å². The number of rotatable bonds is 4. The zero-order valence-corrected chi connectivity index (χ0v) is 9.91. The van der Waals surface area contributed by atoms with Crippen LogP contribution < -0.4 is 5.32 Å². The lowest BCUT2D eigenvalue weighted by Gasteiger charge is -2.34. The van der Waals surface area contributed by atoms with E-state index in [0.717, 1.165) is 38.3 Å². The quantitative estimate of drug-likeness (QED) is 0.840. The van der Waals surface area contributed by atoms with Gasteiger partial charge in [-0.3, -0.25) is 4.98 Å². The van der Waals surface area contributed by atoms with E-state index in [1.165, 1.54) is 6.42 Å². The zero-order valence-electron chi connectivity index (χ0n) is 9.91. The van der Waals surface area contributed by atoms with Crippen LogP contribution >= 0.6 is 0 Å². The molecule has 1 unspecified atom stereocenters. The van der Waals surface area contributed by atoms with E-state index in [-0.39, 0.29) is 5.54 Å². The predicted molar refractivity (Wildman–Crippen MR) is 64.4 cm³/mol. The minimum atomic E-state index is 0.160. The summed E-state index contributed by atoms with van der Waals surface area (Å²) in [7, 11) is 0. The standard InChI is InChI=1S/C13H20N2O/c1-13(7-4-10-16-11-13)15-9-6-12-5-2-3-8-14-12/h2-3,5,8,15H,4,6-7,9-11H2,1H3. The Labute approximate surface area is 97.2 Å². The van der Waals surface area contributed by atoms with E-state index in [0.29, 0.717) is 0 Å². The first-order valence-corrected chi connectivity index (χ1v) is 6.01. The maximum absolute atomic E-state index is 5.51. The number of pyridine rings is 1. The van der Waals surface area contributed by atoms with Crippen LogP contribution in [-0.4, -0.2) is 30.3 Å². The Morgan fingerprint density at radius 2 is 2.44 bits per heavy atom. The van der Waals surface area contributed by atoms with Crippen LogP contribution in [-0.2, 0) is 11.2 Å². The molecule has 1 atom stereocenters. The van der Waals surface area contributed by atoms with Crippen LogP contribution in [0, 0.1) is 0 Å². The fourth-order valence-electron chi connectivity index (χ4n) is 2.11. The molecule has 1 aromatic rings.